The van der Waals surface area contributed by atoms with Gasteiger partial charge in [-0.15, -0.1) is 0 Å². The minimum Gasteiger partial charge on any atom is -0.405 e. The van der Waals surface area contributed by atoms with Crippen molar-refractivity contribution in [2.75, 3.05) is 6.61 Å². The first-order valence-corrected chi connectivity index (χ1v) is 12.4. The van der Waals surface area contributed by atoms with Gasteiger partial charge in [0.2, 0.25) is 0 Å². The summed E-state index contributed by atoms with van der Waals surface area (Å²) >= 11 is 0. The van der Waals surface area contributed by atoms with Crippen molar-refractivity contribution in [2.24, 2.45) is 0 Å². The molecule has 3 atom stereocenters. The monoisotopic (exact) mass is 412 g/mol. The molecule has 0 N–H and O–H groups in total. The fraction of sp³-hybridized carbons (Fsp3) is 0.500. The van der Waals surface area contributed by atoms with Gasteiger partial charge in [0, 0.05) is 6.42 Å². The zero-order chi connectivity index (χ0) is 20.7. The number of hydrogen-bond acceptors (Lipinski definition) is 4. The third kappa shape index (κ3) is 3.94. The van der Waals surface area contributed by atoms with Gasteiger partial charge in [-0.25, -0.2) is 0 Å². The van der Waals surface area contributed by atoms with Gasteiger partial charge in [0.05, 0.1) is 12.7 Å². The average Bonchev–Trinajstić information content (AvgIpc) is 3.16. The van der Waals surface area contributed by atoms with Crippen LogP contribution >= 0.6 is 0 Å². The zero-order valence-electron chi connectivity index (χ0n) is 18.1. The van der Waals surface area contributed by atoms with Gasteiger partial charge in [0.1, 0.15) is 6.10 Å². The first-order chi connectivity index (χ1) is 13.7. The van der Waals surface area contributed by atoms with Gasteiger partial charge < -0.3 is 18.6 Å². The Morgan fingerprint density at radius 3 is 1.97 bits per heavy atom. The molecule has 4 nitrogen and oxygen atoms in total. The van der Waals surface area contributed by atoms with E-state index >= 15 is 0 Å². The van der Waals surface area contributed by atoms with Crippen LogP contribution in [-0.2, 0) is 18.6 Å². The van der Waals surface area contributed by atoms with Crippen molar-refractivity contribution in [1.82, 2.24) is 0 Å². The molecule has 4 rings (SSSR count). The molecule has 0 saturated carbocycles. The molecule has 2 fully saturated rings. The second kappa shape index (κ2) is 7.64. The average molecular weight is 413 g/mol. The van der Waals surface area contributed by atoms with Crippen LogP contribution in [0.3, 0.4) is 0 Å². The molecule has 2 aliphatic heterocycles. The van der Waals surface area contributed by atoms with E-state index < -0.39 is 14.1 Å². The Bertz CT molecular complexity index is 760. The van der Waals surface area contributed by atoms with E-state index in [1.807, 2.05) is 13.8 Å². The third-order valence-electron chi connectivity index (χ3n) is 5.86. The number of fused-ring (bicyclic) bond motifs is 1. The molecule has 2 aliphatic rings. The van der Waals surface area contributed by atoms with Crippen LogP contribution in [-0.4, -0.2) is 39.2 Å². The Balaban J connectivity index is 1.62. The highest BCUT2D eigenvalue weighted by atomic mass is 28.4. The fourth-order valence-electron chi connectivity index (χ4n) is 4.67. The van der Waals surface area contributed by atoms with Gasteiger partial charge >= 0.3 is 0 Å². The van der Waals surface area contributed by atoms with E-state index in [9.17, 15) is 0 Å². The summed E-state index contributed by atoms with van der Waals surface area (Å²) < 4.78 is 25.0. The molecule has 2 heterocycles. The second-order valence-electron chi connectivity index (χ2n) is 9.51. The summed E-state index contributed by atoms with van der Waals surface area (Å²) in [7, 11) is -2.54. The standard InChI is InChI=1S/C24H32O4Si/c1-23(2,3)29(19-12-8-6-9-13-19,20-14-10-7-11-15-20)25-17-18-16-21-22(26-18)28-24(4,5)27-21/h6-15,18,21-22H,16-17H2,1-5H3/t18-,21+,22?/m0/s1. The Morgan fingerprint density at radius 1 is 0.931 bits per heavy atom. The Morgan fingerprint density at radius 2 is 1.48 bits per heavy atom. The summed E-state index contributed by atoms with van der Waals surface area (Å²) in [6.07, 6.45) is 0.463. The molecule has 0 aromatic heterocycles. The highest BCUT2D eigenvalue weighted by Crippen LogP contribution is 2.40. The quantitative estimate of drug-likeness (QED) is 0.700. The number of ether oxygens (including phenoxy) is 3. The van der Waals surface area contributed by atoms with Crippen LogP contribution in [0.4, 0.5) is 0 Å². The summed E-state index contributed by atoms with van der Waals surface area (Å²) in [5.41, 5.74) is 0. The maximum absolute atomic E-state index is 6.97. The third-order valence-corrected chi connectivity index (χ3v) is 10.9. The van der Waals surface area contributed by atoms with Crippen LogP contribution < -0.4 is 10.4 Å². The molecule has 0 bridgehead atoms. The molecule has 0 radical (unpaired) electrons. The van der Waals surface area contributed by atoms with Gasteiger partial charge in [-0.2, -0.15) is 0 Å². The fourth-order valence-corrected chi connectivity index (χ4v) is 9.26. The van der Waals surface area contributed by atoms with Gasteiger partial charge in [0.25, 0.3) is 8.32 Å². The molecular formula is C24H32O4Si. The highest BCUT2D eigenvalue weighted by molar-refractivity contribution is 6.99. The molecule has 5 heteroatoms. The second-order valence-corrected chi connectivity index (χ2v) is 13.8. The minimum absolute atomic E-state index is 0.0160. The van der Waals surface area contributed by atoms with E-state index in [1.54, 1.807) is 0 Å². The van der Waals surface area contributed by atoms with Crippen molar-refractivity contribution in [2.45, 2.75) is 70.4 Å². The SMILES string of the molecule is CC1(C)OC2O[C@H](CO[Si](c3ccccc3)(c3ccccc3)C(C)(C)C)C[C@H]2O1. The van der Waals surface area contributed by atoms with Crippen molar-refractivity contribution >= 4 is 18.7 Å². The molecule has 1 unspecified atom stereocenters. The van der Waals surface area contributed by atoms with Crippen molar-refractivity contribution < 1.29 is 18.6 Å². The normalized spacial score (nSPS) is 26.4. The molecule has 156 valence electrons. The van der Waals surface area contributed by atoms with E-state index in [2.05, 4.69) is 81.4 Å². The molecular weight excluding hydrogens is 380 g/mol. The molecule has 0 aliphatic carbocycles. The molecule has 2 aromatic rings. The summed E-state index contributed by atoms with van der Waals surface area (Å²) in [5, 5.41) is 2.52. The topological polar surface area (TPSA) is 36.9 Å². The maximum atomic E-state index is 6.97. The lowest BCUT2D eigenvalue weighted by molar-refractivity contribution is -0.207. The van der Waals surface area contributed by atoms with Crippen LogP contribution in [0.25, 0.3) is 0 Å². The number of hydrogen-bond donors (Lipinski definition) is 0. The predicted octanol–water partition coefficient (Wildman–Crippen LogP) is 3.83. The van der Waals surface area contributed by atoms with Crippen molar-refractivity contribution in [1.29, 1.82) is 0 Å². The Labute approximate surface area is 175 Å². The van der Waals surface area contributed by atoms with Crippen LogP contribution in [0, 0.1) is 0 Å². The van der Waals surface area contributed by atoms with Gasteiger partial charge in [0.15, 0.2) is 12.1 Å². The maximum Gasteiger partial charge on any atom is 0.261 e. The summed E-state index contributed by atoms with van der Waals surface area (Å²) in [6, 6.07) is 21.4. The molecule has 0 amide bonds. The van der Waals surface area contributed by atoms with Crippen LogP contribution in [0.1, 0.15) is 41.0 Å². The lowest BCUT2D eigenvalue weighted by Crippen LogP contribution is -2.67. The number of benzene rings is 2. The predicted molar refractivity (Wildman–Crippen MR) is 117 cm³/mol. The van der Waals surface area contributed by atoms with E-state index in [0.29, 0.717) is 6.61 Å². The van der Waals surface area contributed by atoms with Crippen molar-refractivity contribution in [3.8, 4) is 0 Å². The van der Waals surface area contributed by atoms with Gasteiger partial charge in [-0.1, -0.05) is 81.4 Å². The van der Waals surface area contributed by atoms with Crippen molar-refractivity contribution in [3.05, 3.63) is 60.7 Å². The van der Waals surface area contributed by atoms with E-state index in [-0.39, 0.29) is 23.5 Å². The van der Waals surface area contributed by atoms with Crippen LogP contribution in [0.2, 0.25) is 5.04 Å². The first kappa shape index (κ1) is 20.8. The van der Waals surface area contributed by atoms with Crippen LogP contribution in [0.15, 0.2) is 60.7 Å². The summed E-state index contributed by atoms with van der Waals surface area (Å²) in [5.74, 6) is -0.570. The number of rotatable bonds is 5. The molecule has 0 spiro atoms. The van der Waals surface area contributed by atoms with E-state index in [1.165, 1.54) is 10.4 Å². The zero-order valence-corrected chi connectivity index (χ0v) is 19.1. The van der Waals surface area contributed by atoms with E-state index in [0.717, 1.165) is 6.42 Å². The lowest BCUT2D eigenvalue weighted by atomic mass is 10.2. The Kier molecular flexibility index (Phi) is 5.47. The highest BCUT2D eigenvalue weighted by Gasteiger charge is 2.52. The Hall–Kier alpha value is -1.50. The molecule has 2 saturated heterocycles. The van der Waals surface area contributed by atoms with Crippen LogP contribution in [0.5, 0.6) is 0 Å². The lowest BCUT2D eigenvalue weighted by Gasteiger charge is -2.43. The molecule has 2 aromatic carbocycles. The minimum atomic E-state index is -2.54. The van der Waals surface area contributed by atoms with Gasteiger partial charge in [-0.3, -0.25) is 0 Å². The molecule has 29 heavy (non-hydrogen) atoms. The summed E-state index contributed by atoms with van der Waals surface area (Å²) in [6.45, 7) is 11.3. The summed E-state index contributed by atoms with van der Waals surface area (Å²) in [4.78, 5) is 0. The largest absolute Gasteiger partial charge is 0.405 e. The van der Waals surface area contributed by atoms with E-state index in [4.69, 9.17) is 18.6 Å². The first-order valence-electron chi connectivity index (χ1n) is 10.5. The van der Waals surface area contributed by atoms with Gasteiger partial charge in [-0.05, 0) is 29.3 Å². The smallest absolute Gasteiger partial charge is 0.261 e. The van der Waals surface area contributed by atoms with Crippen molar-refractivity contribution in [3.63, 3.8) is 0 Å².